The van der Waals surface area contributed by atoms with Crippen LogP contribution in [0.4, 0.5) is 0 Å². The molecule has 0 heterocycles. The van der Waals surface area contributed by atoms with E-state index in [4.69, 9.17) is 0 Å². The Morgan fingerprint density at radius 1 is 0.857 bits per heavy atom. The molecule has 1 N–H and O–H groups in total. The summed E-state index contributed by atoms with van der Waals surface area (Å²) < 4.78 is 0. The van der Waals surface area contributed by atoms with Crippen molar-refractivity contribution in [3.05, 3.63) is 107 Å². The monoisotopic (exact) mass is 488 g/mol. The molecular formula is C30H36N2O2S. The first kappa shape index (κ1) is 26.6. The predicted octanol–water partition coefficient (Wildman–Crippen LogP) is 5.78. The van der Waals surface area contributed by atoms with Crippen LogP contribution in [-0.4, -0.2) is 34.6 Å². The molecule has 0 spiro atoms. The molecule has 0 aromatic heterocycles. The van der Waals surface area contributed by atoms with Crippen LogP contribution < -0.4 is 5.32 Å². The summed E-state index contributed by atoms with van der Waals surface area (Å²) in [5.74, 6) is 1.48. The van der Waals surface area contributed by atoms with Gasteiger partial charge in [0.05, 0.1) is 0 Å². The number of hydrogen-bond acceptors (Lipinski definition) is 3. The molecule has 0 radical (unpaired) electrons. The van der Waals surface area contributed by atoms with E-state index in [0.29, 0.717) is 25.1 Å². The second kappa shape index (κ2) is 13.7. The summed E-state index contributed by atoms with van der Waals surface area (Å²) in [6.07, 6.45) is 0.873. The Morgan fingerprint density at radius 3 is 2.09 bits per heavy atom. The largest absolute Gasteiger partial charge is 0.352 e. The van der Waals surface area contributed by atoms with Gasteiger partial charge in [0, 0.05) is 36.9 Å². The van der Waals surface area contributed by atoms with Gasteiger partial charge in [0.1, 0.15) is 6.04 Å². The molecule has 3 aromatic carbocycles. The van der Waals surface area contributed by atoms with Crippen molar-refractivity contribution in [2.24, 2.45) is 0 Å². The molecule has 0 aliphatic carbocycles. The number of rotatable bonds is 12. The van der Waals surface area contributed by atoms with E-state index in [1.807, 2.05) is 93.6 Å². The molecule has 1 atom stereocenters. The van der Waals surface area contributed by atoms with Gasteiger partial charge in [-0.15, -0.1) is 0 Å². The quantitative estimate of drug-likeness (QED) is 0.329. The molecule has 0 saturated carbocycles. The molecule has 0 unspecified atom stereocenters. The van der Waals surface area contributed by atoms with Crippen LogP contribution in [0, 0.1) is 6.92 Å². The molecule has 3 rings (SSSR count). The normalized spacial score (nSPS) is 11.8. The molecule has 0 bridgehead atoms. The van der Waals surface area contributed by atoms with Crippen LogP contribution in [-0.2, 0) is 28.3 Å². The van der Waals surface area contributed by atoms with Gasteiger partial charge in [0.15, 0.2) is 0 Å². The van der Waals surface area contributed by atoms with E-state index in [1.165, 1.54) is 5.56 Å². The van der Waals surface area contributed by atoms with Crippen molar-refractivity contribution in [3.8, 4) is 0 Å². The molecule has 2 amide bonds. The number of nitrogens with zero attached hydrogens (tertiary/aromatic N) is 1. The number of thioether (sulfide) groups is 1. The van der Waals surface area contributed by atoms with Crippen LogP contribution in [0.3, 0.4) is 0 Å². The Bertz CT molecular complexity index is 1070. The second-order valence-corrected chi connectivity index (χ2v) is 10.2. The van der Waals surface area contributed by atoms with E-state index in [-0.39, 0.29) is 17.9 Å². The molecule has 0 aliphatic rings. The number of nitrogens with one attached hydrogen (secondary N) is 1. The Hall–Kier alpha value is -3.05. The molecule has 0 saturated heterocycles. The highest BCUT2D eigenvalue weighted by Gasteiger charge is 2.30. The van der Waals surface area contributed by atoms with E-state index >= 15 is 0 Å². The zero-order valence-electron chi connectivity index (χ0n) is 20.9. The number of carbonyl (C=O) groups is 2. The molecule has 0 aliphatic heterocycles. The van der Waals surface area contributed by atoms with Crippen molar-refractivity contribution < 1.29 is 9.59 Å². The summed E-state index contributed by atoms with van der Waals surface area (Å²) in [5.41, 5.74) is 4.47. The van der Waals surface area contributed by atoms with Gasteiger partial charge >= 0.3 is 0 Å². The summed E-state index contributed by atoms with van der Waals surface area (Å²) in [6, 6.07) is 27.7. The Balaban J connectivity index is 1.80. The summed E-state index contributed by atoms with van der Waals surface area (Å²) in [5, 5.41) is 3.05. The Kier molecular flexibility index (Phi) is 10.4. The molecule has 0 fully saturated rings. The summed E-state index contributed by atoms with van der Waals surface area (Å²) in [6.45, 7) is 6.36. The highest BCUT2D eigenvalue weighted by Crippen LogP contribution is 2.20. The van der Waals surface area contributed by atoms with Gasteiger partial charge in [0.2, 0.25) is 11.8 Å². The van der Waals surface area contributed by atoms with E-state index in [2.05, 4.69) is 17.4 Å². The topological polar surface area (TPSA) is 49.4 Å². The Morgan fingerprint density at radius 2 is 1.46 bits per heavy atom. The standard InChI is InChI=1S/C30H36N2O2S/c1-23(2)31-30(34)28(20-25-13-6-4-7-14-25)32(21-27-17-11-10-12-24(27)3)29(33)18-19-35-22-26-15-8-5-9-16-26/h4-17,23,28H,18-22H2,1-3H3,(H,31,34)/t28-/m0/s1. The lowest BCUT2D eigenvalue weighted by atomic mass is 10.0. The van der Waals surface area contributed by atoms with E-state index < -0.39 is 6.04 Å². The van der Waals surface area contributed by atoms with Crippen LogP contribution in [0.15, 0.2) is 84.9 Å². The van der Waals surface area contributed by atoms with Crippen LogP contribution >= 0.6 is 11.8 Å². The van der Waals surface area contributed by atoms with Gasteiger partial charge in [-0.1, -0.05) is 84.9 Å². The van der Waals surface area contributed by atoms with Gasteiger partial charge in [-0.05, 0) is 43.0 Å². The van der Waals surface area contributed by atoms with Crippen molar-refractivity contribution in [3.63, 3.8) is 0 Å². The van der Waals surface area contributed by atoms with Crippen LogP contribution in [0.1, 0.15) is 42.5 Å². The highest BCUT2D eigenvalue weighted by atomic mass is 32.2. The molecular weight excluding hydrogens is 452 g/mol. The maximum atomic E-state index is 13.6. The third-order valence-corrected chi connectivity index (χ3v) is 6.91. The minimum absolute atomic E-state index is 0.00221. The van der Waals surface area contributed by atoms with E-state index in [1.54, 1.807) is 16.7 Å². The minimum atomic E-state index is -0.578. The lowest BCUT2D eigenvalue weighted by Crippen LogP contribution is -2.52. The smallest absolute Gasteiger partial charge is 0.243 e. The van der Waals surface area contributed by atoms with E-state index in [0.717, 1.165) is 22.4 Å². The highest BCUT2D eigenvalue weighted by molar-refractivity contribution is 7.98. The zero-order chi connectivity index (χ0) is 25.0. The van der Waals surface area contributed by atoms with Crippen molar-refractivity contribution in [2.45, 2.75) is 58.0 Å². The molecule has 35 heavy (non-hydrogen) atoms. The van der Waals surface area contributed by atoms with Gasteiger partial charge in [-0.2, -0.15) is 11.8 Å². The van der Waals surface area contributed by atoms with Crippen LogP contribution in [0.2, 0.25) is 0 Å². The van der Waals surface area contributed by atoms with Crippen molar-refractivity contribution in [2.75, 3.05) is 5.75 Å². The number of aryl methyl sites for hydroxylation is 1. The zero-order valence-corrected chi connectivity index (χ0v) is 21.8. The average molecular weight is 489 g/mol. The maximum Gasteiger partial charge on any atom is 0.243 e. The fourth-order valence-corrected chi connectivity index (χ4v) is 4.86. The first-order valence-corrected chi connectivity index (χ1v) is 13.4. The van der Waals surface area contributed by atoms with Crippen molar-refractivity contribution >= 4 is 23.6 Å². The van der Waals surface area contributed by atoms with Crippen molar-refractivity contribution in [1.82, 2.24) is 10.2 Å². The second-order valence-electron chi connectivity index (χ2n) is 9.11. The maximum absolute atomic E-state index is 13.6. The molecule has 5 heteroatoms. The first-order chi connectivity index (χ1) is 16.9. The lowest BCUT2D eigenvalue weighted by Gasteiger charge is -2.32. The van der Waals surface area contributed by atoms with Gasteiger partial charge < -0.3 is 10.2 Å². The summed E-state index contributed by atoms with van der Waals surface area (Å²) in [7, 11) is 0. The Labute approximate surface area is 214 Å². The third-order valence-electron chi connectivity index (χ3n) is 5.88. The number of benzene rings is 3. The minimum Gasteiger partial charge on any atom is -0.352 e. The van der Waals surface area contributed by atoms with Gasteiger partial charge in [-0.25, -0.2) is 0 Å². The SMILES string of the molecule is Cc1ccccc1CN(C(=O)CCSCc1ccccc1)[C@@H](Cc1ccccc1)C(=O)NC(C)C. The fourth-order valence-electron chi connectivity index (χ4n) is 3.97. The molecule has 184 valence electrons. The molecule has 4 nitrogen and oxygen atoms in total. The van der Waals surface area contributed by atoms with Crippen LogP contribution in [0.25, 0.3) is 0 Å². The van der Waals surface area contributed by atoms with Crippen LogP contribution in [0.5, 0.6) is 0 Å². The molecule has 3 aromatic rings. The average Bonchev–Trinajstić information content (AvgIpc) is 2.85. The number of amides is 2. The summed E-state index contributed by atoms with van der Waals surface area (Å²) in [4.78, 5) is 28.8. The lowest BCUT2D eigenvalue weighted by molar-refractivity contribution is -0.141. The van der Waals surface area contributed by atoms with Gasteiger partial charge in [0.25, 0.3) is 0 Å². The van der Waals surface area contributed by atoms with E-state index in [9.17, 15) is 9.59 Å². The number of hydrogen-bond donors (Lipinski definition) is 1. The van der Waals surface area contributed by atoms with Crippen molar-refractivity contribution in [1.29, 1.82) is 0 Å². The number of carbonyl (C=O) groups excluding carboxylic acids is 2. The fraction of sp³-hybridized carbons (Fsp3) is 0.333. The summed E-state index contributed by atoms with van der Waals surface area (Å²) >= 11 is 1.75. The van der Waals surface area contributed by atoms with Gasteiger partial charge in [-0.3, -0.25) is 9.59 Å². The predicted molar refractivity (Wildman–Crippen MR) is 146 cm³/mol. The third kappa shape index (κ3) is 8.59. The first-order valence-electron chi connectivity index (χ1n) is 12.2.